The number of aromatic nitrogens is 4. The number of carbonyl (C=O) groups is 1. The highest BCUT2D eigenvalue weighted by atomic mass is 16.5. The van der Waals surface area contributed by atoms with Crippen LogP contribution in [0.1, 0.15) is 49.3 Å². The summed E-state index contributed by atoms with van der Waals surface area (Å²) in [6.07, 6.45) is 3.89. The molecule has 0 bridgehead atoms. The fraction of sp³-hybridized carbons (Fsp3) is 0.346. The lowest BCUT2D eigenvalue weighted by molar-refractivity contribution is -0.127. The highest BCUT2D eigenvalue weighted by molar-refractivity contribution is 6.46. The van der Waals surface area contributed by atoms with Crippen LogP contribution in [0.25, 0.3) is 6.08 Å². The molecule has 0 saturated carbocycles. The molecular weight excluding hydrogens is 469 g/mol. The van der Waals surface area contributed by atoms with E-state index >= 15 is 0 Å². The van der Waals surface area contributed by atoms with Crippen molar-refractivity contribution in [3.63, 3.8) is 0 Å². The molecule has 0 aliphatic heterocycles. The highest BCUT2D eigenvalue weighted by Gasteiger charge is 2.33. The van der Waals surface area contributed by atoms with Crippen LogP contribution in [0.15, 0.2) is 66.7 Å². The number of ether oxygens (including phenoxy) is 1. The summed E-state index contributed by atoms with van der Waals surface area (Å²) < 4.78 is 7.48. The summed E-state index contributed by atoms with van der Waals surface area (Å²) in [5, 5.41) is 37.2. The average molecular weight is 501 g/mol. The van der Waals surface area contributed by atoms with E-state index in [9.17, 15) is 15.1 Å². The number of nitriles is 1. The molecule has 0 spiro atoms. The Morgan fingerprint density at radius 2 is 1.89 bits per heavy atom. The number of amides is 1. The van der Waals surface area contributed by atoms with Crippen LogP contribution in [0.3, 0.4) is 0 Å². The summed E-state index contributed by atoms with van der Waals surface area (Å²) in [7, 11) is -0.887. The first-order chi connectivity index (χ1) is 17.8. The molecule has 0 radical (unpaired) electrons. The Hall–Kier alpha value is -3.85. The molecule has 3 rings (SSSR count). The second-order valence-electron chi connectivity index (χ2n) is 9.15. The van der Waals surface area contributed by atoms with Crippen molar-refractivity contribution in [3.8, 4) is 6.07 Å². The van der Waals surface area contributed by atoms with Crippen molar-refractivity contribution in [1.29, 1.82) is 5.26 Å². The van der Waals surface area contributed by atoms with Gasteiger partial charge in [0.1, 0.15) is 6.04 Å². The van der Waals surface area contributed by atoms with Gasteiger partial charge in [0.05, 0.1) is 37.3 Å². The minimum atomic E-state index is -1.08. The molecule has 1 amide bonds. The number of benzene rings is 2. The molecule has 1 heterocycles. The summed E-state index contributed by atoms with van der Waals surface area (Å²) in [6.45, 7) is 5.30. The minimum absolute atomic E-state index is 0.0907. The molecular formula is C26H32BN7O3. The van der Waals surface area contributed by atoms with Crippen LogP contribution >= 0.6 is 0 Å². The first kappa shape index (κ1) is 27.7. The van der Waals surface area contributed by atoms with E-state index in [1.165, 1.54) is 4.68 Å². The smallest absolute Gasteiger partial charge is 0.374 e. The van der Waals surface area contributed by atoms with Crippen LogP contribution < -0.4 is 10.5 Å². The zero-order valence-electron chi connectivity index (χ0n) is 21.3. The van der Waals surface area contributed by atoms with Gasteiger partial charge in [0, 0.05) is 0 Å². The van der Waals surface area contributed by atoms with E-state index in [1.54, 1.807) is 20.7 Å². The summed E-state index contributed by atoms with van der Waals surface area (Å²) in [5.74, 6) is -0.0138. The number of hydrogen-bond acceptors (Lipinski definition) is 8. The largest absolute Gasteiger partial charge is 0.437 e. The lowest BCUT2D eigenvalue weighted by atomic mass is 9.83. The number of rotatable bonds is 13. The molecule has 1 unspecified atom stereocenters. The molecule has 10 nitrogen and oxygen atoms in total. The third-order valence-corrected chi connectivity index (χ3v) is 5.59. The van der Waals surface area contributed by atoms with Gasteiger partial charge in [-0.2, -0.15) is 5.26 Å². The molecule has 0 saturated heterocycles. The van der Waals surface area contributed by atoms with Crippen molar-refractivity contribution < 1.29 is 14.6 Å². The van der Waals surface area contributed by atoms with Gasteiger partial charge in [-0.3, -0.25) is 4.79 Å². The number of allylic oxidation sites excluding steroid dienone is 1. The Bertz CT molecular complexity index is 1190. The van der Waals surface area contributed by atoms with Crippen LogP contribution in [0.4, 0.5) is 0 Å². The maximum atomic E-state index is 13.2. The maximum absolute atomic E-state index is 13.2. The zero-order valence-corrected chi connectivity index (χ0v) is 21.3. The molecule has 3 N–H and O–H groups in total. The molecule has 0 fully saturated rings. The molecule has 3 aromatic rings. The monoisotopic (exact) mass is 501 g/mol. The third kappa shape index (κ3) is 8.36. The van der Waals surface area contributed by atoms with Crippen molar-refractivity contribution in [2.45, 2.75) is 51.3 Å². The van der Waals surface area contributed by atoms with E-state index in [0.717, 1.165) is 11.1 Å². The normalized spacial score (nSPS) is 13.2. The number of tetrazole rings is 1. The van der Waals surface area contributed by atoms with Crippen LogP contribution in [0.5, 0.6) is 0 Å². The second-order valence-corrected chi connectivity index (χ2v) is 9.15. The van der Waals surface area contributed by atoms with Gasteiger partial charge < -0.3 is 20.3 Å². The van der Waals surface area contributed by atoms with Crippen molar-refractivity contribution in [2.24, 2.45) is 0 Å². The zero-order chi connectivity index (χ0) is 26.7. The predicted octanol–water partition coefficient (Wildman–Crippen LogP) is 2.69. The van der Waals surface area contributed by atoms with Crippen LogP contribution in [-0.4, -0.2) is 50.3 Å². The topological polar surface area (TPSA) is 138 Å². The Labute approximate surface area is 217 Å². The molecule has 2 aromatic carbocycles. The summed E-state index contributed by atoms with van der Waals surface area (Å²) in [6, 6.07) is 20.4. The second kappa shape index (κ2) is 13.5. The van der Waals surface area contributed by atoms with E-state index in [2.05, 4.69) is 32.1 Å². The van der Waals surface area contributed by atoms with Crippen LogP contribution in [0, 0.1) is 11.3 Å². The number of hydrogen-bond donors (Lipinski definition) is 3. The average Bonchev–Trinajstić information content (AvgIpc) is 3.36. The summed E-state index contributed by atoms with van der Waals surface area (Å²) >= 11 is 0. The van der Waals surface area contributed by atoms with Gasteiger partial charge in [0.25, 0.3) is 0 Å². The molecule has 0 aliphatic rings. The van der Waals surface area contributed by atoms with Gasteiger partial charge in [0.2, 0.25) is 5.91 Å². The van der Waals surface area contributed by atoms with Crippen molar-refractivity contribution in [2.75, 3.05) is 6.61 Å². The highest BCUT2D eigenvalue weighted by Crippen LogP contribution is 2.21. The van der Waals surface area contributed by atoms with Crippen LogP contribution in [0.2, 0.25) is 6.82 Å². The Kier molecular flexibility index (Phi) is 10.1. The third-order valence-electron chi connectivity index (χ3n) is 5.59. The van der Waals surface area contributed by atoms with Crippen molar-refractivity contribution in [3.05, 3.63) is 83.7 Å². The van der Waals surface area contributed by atoms with Gasteiger partial charge in [-0.25, -0.2) is 4.68 Å². The van der Waals surface area contributed by atoms with Gasteiger partial charge >= 0.3 is 7.05 Å². The summed E-state index contributed by atoms with van der Waals surface area (Å²) in [4.78, 5) is 13.2. The van der Waals surface area contributed by atoms with Gasteiger partial charge in [-0.05, 0) is 42.2 Å². The Balaban J connectivity index is 1.86. The summed E-state index contributed by atoms with van der Waals surface area (Å²) in [5.41, 5.74) is 0.877. The predicted molar refractivity (Wildman–Crippen MR) is 141 cm³/mol. The van der Waals surface area contributed by atoms with E-state index in [-0.39, 0.29) is 18.9 Å². The van der Waals surface area contributed by atoms with Gasteiger partial charge in [-0.15, -0.1) is 5.10 Å². The maximum Gasteiger partial charge on any atom is 0.374 e. The fourth-order valence-corrected chi connectivity index (χ4v) is 3.76. The molecule has 37 heavy (non-hydrogen) atoms. The van der Waals surface area contributed by atoms with E-state index in [1.807, 2.05) is 72.8 Å². The lowest BCUT2D eigenvalue weighted by Crippen LogP contribution is -2.58. The SMILES string of the molecule is CB(O)NC(C)(C)C(=O)N[C@H](COCc1ccccc1)c1nnnn1C(/C=C/c1ccccc1)CC#N. The van der Waals surface area contributed by atoms with E-state index in [4.69, 9.17) is 4.74 Å². The first-order valence-corrected chi connectivity index (χ1v) is 12.1. The molecule has 11 heteroatoms. The Morgan fingerprint density at radius 3 is 2.54 bits per heavy atom. The van der Waals surface area contributed by atoms with E-state index < -0.39 is 24.7 Å². The van der Waals surface area contributed by atoms with Gasteiger partial charge in [-0.1, -0.05) is 72.8 Å². The van der Waals surface area contributed by atoms with E-state index in [0.29, 0.717) is 12.4 Å². The number of nitrogens with zero attached hydrogens (tertiary/aromatic N) is 5. The lowest BCUT2D eigenvalue weighted by Gasteiger charge is -2.29. The first-order valence-electron chi connectivity index (χ1n) is 12.1. The number of carbonyl (C=O) groups excluding carboxylic acids is 1. The fourth-order valence-electron chi connectivity index (χ4n) is 3.76. The molecule has 1 aromatic heterocycles. The van der Waals surface area contributed by atoms with Gasteiger partial charge in [0.15, 0.2) is 5.82 Å². The number of nitrogens with one attached hydrogen (secondary N) is 2. The Morgan fingerprint density at radius 1 is 1.22 bits per heavy atom. The minimum Gasteiger partial charge on any atom is -0.437 e. The molecule has 0 aliphatic carbocycles. The molecule has 2 atom stereocenters. The molecule has 192 valence electrons. The standard InChI is InChI=1S/C26H32BN7O3/c1-26(2,31-27(3)36)25(35)29-23(19-37-18-21-12-8-5-9-13-21)24-30-32-33-34(24)22(16-17-28)15-14-20-10-6-4-7-11-20/h4-15,22-23,31,36H,16,18-19H2,1-3H3,(H,29,35)/b15-14+/t22?,23-/m1/s1. The van der Waals surface area contributed by atoms with Crippen molar-refractivity contribution >= 4 is 19.0 Å². The van der Waals surface area contributed by atoms with Crippen molar-refractivity contribution in [1.82, 2.24) is 30.8 Å². The van der Waals surface area contributed by atoms with Crippen LogP contribution in [-0.2, 0) is 16.1 Å². The quantitative estimate of drug-likeness (QED) is 0.304.